The van der Waals surface area contributed by atoms with Gasteiger partial charge in [-0.15, -0.1) is 0 Å². The van der Waals surface area contributed by atoms with Gasteiger partial charge in [0.15, 0.2) is 0 Å². The van der Waals surface area contributed by atoms with Crippen molar-refractivity contribution in [1.82, 2.24) is 20.5 Å². The number of aromatic nitrogens is 1. The number of hydrogen-bond acceptors (Lipinski definition) is 3. The smallest absolute Gasteiger partial charge is 0.315 e. The Morgan fingerprint density at radius 2 is 1.95 bits per heavy atom. The number of hydrogen-bond donors (Lipinski definition) is 3. The lowest BCUT2D eigenvalue weighted by Gasteiger charge is -2.26. The molecule has 122 valence electrons. The number of likely N-dealkylation sites (tertiary alicyclic amines) is 1. The predicted octanol–water partition coefficient (Wildman–Crippen LogP) is 1.28. The summed E-state index contributed by atoms with van der Waals surface area (Å²) >= 11 is 0. The zero-order valence-corrected chi connectivity index (χ0v) is 13.5. The van der Waals surface area contributed by atoms with Crippen LogP contribution in [0.15, 0.2) is 10.9 Å². The van der Waals surface area contributed by atoms with E-state index < -0.39 is 0 Å². The molecule has 0 aliphatic carbocycles. The fraction of sp³-hybridized carbons (Fsp3) is 0.625. The van der Waals surface area contributed by atoms with E-state index >= 15 is 0 Å². The van der Waals surface area contributed by atoms with Gasteiger partial charge in [0.2, 0.25) is 0 Å². The first-order chi connectivity index (χ1) is 10.6. The van der Waals surface area contributed by atoms with Crippen LogP contribution in [0, 0.1) is 13.8 Å². The molecular formula is C16H26N4O2. The fourth-order valence-corrected chi connectivity index (χ4v) is 2.84. The highest BCUT2D eigenvalue weighted by Gasteiger charge is 2.10. The van der Waals surface area contributed by atoms with Gasteiger partial charge < -0.3 is 20.5 Å². The molecular weight excluding hydrogens is 280 g/mol. The van der Waals surface area contributed by atoms with Crippen molar-refractivity contribution in [2.24, 2.45) is 0 Å². The molecule has 0 atom stereocenters. The molecule has 1 saturated heterocycles. The minimum Gasteiger partial charge on any atom is -0.337 e. The lowest BCUT2D eigenvalue weighted by atomic mass is 10.1. The number of rotatable bonds is 5. The molecule has 6 nitrogen and oxygen atoms in total. The van der Waals surface area contributed by atoms with Crippen LogP contribution in [0.25, 0.3) is 0 Å². The van der Waals surface area contributed by atoms with Crippen molar-refractivity contribution >= 4 is 6.03 Å². The second-order valence-corrected chi connectivity index (χ2v) is 5.95. The van der Waals surface area contributed by atoms with E-state index in [9.17, 15) is 9.59 Å². The number of nitrogens with zero attached hydrogens (tertiary/aromatic N) is 1. The molecule has 1 aliphatic heterocycles. The summed E-state index contributed by atoms with van der Waals surface area (Å²) in [6.07, 6.45) is 3.82. The molecule has 22 heavy (non-hydrogen) atoms. The second-order valence-electron chi connectivity index (χ2n) is 5.95. The molecule has 1 aromatic rings. The topological polar surface area (TPSA) is 77.2 Å². The maximum absolute atomic E-state index is 11.9. The number of urea groups is 1. The van der Waals surface area contributed by atoms with Crippen molar-refractivity contribution in [3.8, 4) is 0 Å². The lowest BCUT2D eigenvalue weighted by molar-refractivity contribution is 0.220. The molecule has 1 fully saturated rings. The molecule has 0 spiro atoms. The van der Waals surface area contributed by atoms with E-state index in [2.05, 4.69) is 20.5 Å². The van der Waals surface area contributed by atoms with Crippen LogP contribution in [-0.4, -0.2) is 42.1 Å². The highest BCUT2D eigenvalue weighted by Crippen LogP contribution is 2.07. The Bertz CT molecular complexity index is 562. The summed E-state index contributed by atoms with van der Waals surface area (Å²) in [4.78, 5) is 28.8. The predicted molar refractivity (Wildman–Crippen MR) is 87.1 cm³/mol. The number of nitrogens with one attached hydrogen (secondary N) is 3. The van der Waals surface area contributed by atoms with Crippen LogP contribution in [0.4, 0.5) is 4.79 Å². The third-order valence-corrected chi connectivity index (χ3v) is 4.08. The molecule has 0 unspecified atom stereocenters. The first kappa shape index (κ1) is 16.5. The quantitative estimate of drug-likeness (QED) is 0.767. The Kier molecular flexibility index (Phi) is 6.00. The Morgan fingerprint density at radius 3 is 2.64 bits per heavy atom. The van der Waals surface area contributed by atoms with Gasteiger partial charge >= 0.3 is 6.03 Å². The molecule has 1 aliphatic rings. The highest BCUT2D eigenvalue weighted by molar-refractivity contribution is 5.73. The van der Waals surface area contributed by atoms with Crippen LogP contribution in [0.2, 0.25) is 0 Å². The van der Waals surface area contributed by atoms with Gasteiger partial charge in [-0.2, -0.15) is 0 Å². The molecule has 1 aromatic heterocycles. The summed E-state index contributed by atoms with van der Waals surface area (Å²) in [5, 5.41) is 5.60. The average molecular weight is 306 g/mol. The van der Waals surface area contributed by atoms with Crippen molar-refractivity contribution in [2.45, 2.75) is 39.7 Å². The zero-order valence-electron chi connectivity index (χ0n) is 13.5. The van der Waals surface area contributed by atoms with Gasteiger partial charge in [-0.05, 0) is 51.4 Å². The fourth-order valence-electron chi connectivity index (χ4n) is 2.84. The van der Waals surface area contributed by atoms with Crippen molar-refractivity contribution < 1.29 is 4.79 Å². The van der Waals surface area contributed by atoms with Gasteiger partial charge in [0.1, 0.15) is 0 Å². The number of aromatic amines is 1. The molecule has 0 bridgehead atoms. The molecule has 2 heterocycles. The Morgan fingerprint density at radius 1 is 1.23 bits per heavy atom. The van der Waals surface area contributed by atoms with Crippen LogP contribution in [0.3, 0.4) is 0 Å². The van der Waals surface area contributed by atoms with Crippen LogP contribution in [-0.2, 0) is 6.54 Å². The summed E-state index contributed by atoms with van der Waals surface area (Å²) in [6, 6.07) is 1.68. The molecule has 0 aromatic carbocycles. The van der Waals surface area contributed by atoms with Crippen molar-refractivity contribution in [2.75, 3.05) is 26.2 Å². The van der Waals surface area contributed by atoms with Gasteiger partial charge in [-0.25, -0.2) is 4.79 Å². The summed E-state index contributed by atoms with van der Waals surface area (Å²) in [7, 11) is 0. The highest BCUT2D eigenvalue weighted by atomic mass is 16.2. The van der Waals surface area contributed by atoms with Crippen LogP contribution in [0.1, 0.15) is 36.1 Å². The Balaban J connectivity index is 1.72. The van der Waals surface area contributed by atoms with Crippen molar-refractivity contribution in [1.29, 1.82) is 0 Å². The van der Waals surface area contributed by atoms with Crippen LogP contribution >= 0.6 is 0 Å². The first-order valence-corrected chi connectivity index (χ1v) is 7.99. The van der Waals surface area contributed by atoms with Gasteiger partial charge in [0.05, 0.1) is 6.54 Å². The summed E-state index contributed by atoms with van der Waals surface area (Å²) < 4.78 is 0. The standard InChI is InChI=1S/C16H26N4O2/c1-12-10-13(2)19-15(21)14(12)11-18-16(22)17-6-9-20-7-4-3-5-8-20/h10H,3-9,11H2,1-2H3,(H,19,21)(H2,17,18,22). The first-order valence-electron chi connectivity index (χ1n) is 7.99. The second kappa shape index (κ2) is 7.98. The number of amides is 2. The Labute approximate surface area is 131 Å². The molecule has 0 saturated carbocycles. The van der Waals surface area contributed by atoms with Gasteiger partial charge in [0.25, 0.3) is 5.56 Å². The number of carbonyl (C=O) groups excluding carboxylic acids is 1. The van der Waals surface area contributed by atoms with E-state index in [0.717, 1.165) is 30.9 Å². The van der Waals surface area contributed by atoms with Crippen molar-refractivity contribution in [3.05, 3.63) is 33.2 Å². The molecule has 6 heteroatoms. The Hall–Kier alpha value is -1.82. The molecule has 2 amide bonds. The molecule has 2 rings (SSSR count). The minimum atomic E-state index is -0.226. The SMILES string of the molecule is Cc1cc(C)c(CNC(=O)NCCN2CCCCC2)c(=O)[nH]1. The van der Waals surface area contributed by atoms with E-state index in [4.69, 9.17) is 0 Å². The van der Waals surface area contributed by atoms with E-state index in [1.54, 1.807) is 0 Å². The summed E-state index contributed by atoms with van der Waals surface area (Å²) in [6.45, 7) is 7.75. The molecule has 0 radical (unpaired) electrons. The maximum atomic E-state index is 11.9. The van der Waals surface area contributed by atoms with E-state index in [0.29, 0.717) is 12.1 Å². The monoisotopic (exact) mass is 306 g/mol. The lowest BCUT2D eigenvalue weighted by Crippen LogP contribution is -2.42. The van der Waals surface area contributed by atoms with Crippen LogP contribution in [0.5, 0.6) is 0 Å². The number of pyridine rings is 1. The normalized spacial score (nSPS) is 15.5. The number of carbonyl (C=O) groups is 1. The summed E-state index contributed by atoms with van der Waals surface area (Å²) in [5.41, 5.74) is 2.20. The van der Waals surface area contributed by atoms with Gasteiger partial charge in [-0.3, -0.25) is 4.79 Å². The van der Waals surface area contributed by atoms with Crippen LogP contribution < -0.4 is 16.2 Å². The number of aryl methyl sites for hydroxylation is 2. The summed E-state index contributed by atoms with van der Waals surface area (Å²) in [5.74, 6) is 0. The molecule has 3 N–H and O–H groups in total. The van der Waals surface area contributed by atoms with E-state index in [-0.39, 0.29) is 18.1 Å². The van der Waals surface area contributed by atoms with E-state index in [1.807, 2.05) is 19.9 Å². The zero-order chi connectivity index (χ0) is 15.9. The largest absolute Gasteiger partial charge is 0.337 e. The van der Waals surface area contributed by atoms with Crippen molar-refractivity contribution in [3.63, 3.8) is 0 Å². The maximum Gasteiger partial charge on any atom is 0.315 e. The number of piperidine rings is 1. The third kappa shape index (κ3) is 4.87. The average Bonchev–Trinajstić information content (AvgIpc) is 2.47. The van der Waals surface area contributed by atoms with Gasteiger partial charge in [-0.1, -0.05) is 6.42 Å². The minimum absolute atomic E-state index is 0.133. The third-order valence-electron chi connectivity index (χ3n) is 4.08. The number of H-pyrrole nitrogens is 1. The van der Waals surface area contributed by atoms with Gasteiger partial charge in [0, 0.05) is 24.3 Å². The van der Waals surface area contributed by atoms with E-state index in [1.165, 1.54) is 19.3 Å².